The summed E-state index contributed by atoms with van der Waals surface area (Å²) in [5, 5.41) is 10.3. The smallest absolute Gasteiger partial charge is 0.471 e. The summed E-state index contributed by atoms with van der Waals surface area (Å²) in [6.07, 6.45) is -5.08. The van der Waals surface area contributed by atoms with Crippen molar-refractivity contribution in [1.29, 1.82) is 0 Å². The number of carbonyl (C=O) groups is 2. The predicted octanol–water partition coefficient (Wildman–Crippen LogP) is 1.62. The number of alkyl halides is 3. The van der Waals surface area contributed by atoms with E-state index in [1.807, 2.05) is 0 Å². The summed E-state index contributed by atoms with van der Waals surface area (Å²) < 4.78 is 37.6. The van der Waals surface area contributed by atoms with Gasteiger partial charge in [0.1, 0.15) is 6.54 Å². The number of amides is 1. The van der Waals surface area contributed by atoms with Gasteiger partial charge < -0.3 is 5.11 Å². The number of aromatic nitrogens is 2. The molecule has 1 amide bonds. The summed E-state index contributed by atoms with van der Waals surface area (Å²) in [6.45, 7) is -0.617. The molecule has 1 aromatic carbocycles. The average molecular weight is 287 g/mol. The lowest BCUT2D eigenvalue weighted by atomic mass is 10.3. The van der Waals surface area contributed by atoms with E-state index in [9.17, 15) is 22.8 Å². The Morgan fingerprint density at radius 1 is 1.30 bits per heavy atom. The van der Waals surface area contributed by atoms with Crippen LogP contribution < -0.4 is 5.32 Å². The third kappa shape index (κ3) is 2.71. The number of aliphatic carboxylic acids is 1. The summed E-state index contributed by atoms with van der Waals surface area (Å²) in [5.41, 5.74) is 0.596. The summed E-state index contributed by atoms with van der Waals surface area (Å²) >= 11 is 0. The maximum atomic E-state index is 12.2. The molecule has 1 heterocycles. The molecule has 0 saturated heterocycles. The van der Waals surface area contributed by atoms with Crippen molar-refractivity contribution in [2.24, 2.45) is 0 Å². The van der Waals surface area contributed by atoms with Crippen LogP contribution in [0.4, 0.5) is 19.1 Å². The Hall–Kier alpha value is -2.58. The number of halogens is 3. The summed E-state index contributed by atoms with van der Waals surface area (Å²) in [5.74, 6) is -3.94. The minimum absolute atomic E-state index is 0.284. The molecule has 106 valence electrons. The molecular formula is C11H8F3N3O3. The number of benzene rings is 1. The average Bonchev–Trinajstić information content (AvgIpc) is 2.66. The molecule has 2 rings (SSSR count). The zero-order valence-electron chi connectivity index (χ0n) is 9.81. The fourth-order valence-corrected chi connectivity index (χ4v) is 1.64. The van der Waals surface area contributed by atoms with Crippen LogP contribution in [-0.2, 0) is 16.1 Å². The number of fused-ring (bicyclic) bond motifs is 1. The van der Waals surface area contributed by atoms with E-state index in [0.717, 1.165) is 4.57 Å². The van der Waals surface area contributed by atoms with Crippen LogP contribution in [0.3, 0.4) is 0 Å². The molecule has 1 aromatic heterocycles. The number of anilines is 1. The lowest BCUT2D eigenvalue weighted by molar-refractivity contribution is -0.167. The Kier molecular flexibility index (Phi) is 3.35. The van der Waals surface area contributed by atoms with Crippen molar-refractivity contribution < 1.29 is 27.9 Å². The van der Waals surface area contributed by atoms with E-state index in [-0.39, 0.29) is 5.52 Å². The fourth-order valence-electron chi connectivity index (χ4n) is 1.64. The SMILES string of the molecule is O=C(O)Cn1c(NC(=O)C(F)(F)F)nc2ccccc21. The van der Waals surface area contributed by atoms with Crippen LogP contribution in [0.15, 0.2) is 24.3 Å². The van der Waals surface area contributed by atoms with Gasteiger partial charge >= 0.3 is 18.1 Å². The third-order valence-electron chi connectivity index (χ3n) is 2.43. The van der Waals surface area contributed by atoms with Crippen molar-refractivity contribution in [3.63, 3.8) is 0 Å². The lowest BCUT2D eigenvalue weighted by Gasteiger charge is -2.09. The normalized spacial score (nSPS) is 11.6. The molecule has 0 aliphatic heterocycles. The maximum Gasteiger partial charge on any atom is 0.471 e. The van der Waals surface area contributed by atoms with Crippen LogP contribution >= 0.6 is 0 Å². The topological polar surface area (TPSA) is 84.2 Å². The van der Waals surface area contributed by atoms with Crippen molar-refractivity contribution in [1.82, 2.24) is 9.55 Å². The minimum Gasteiger partial charge on any atom is -0.480 e. The Balaban J connectivity index is 2.46. The predicted molar refractivity (Wildman–Crippen MR) is 62.1 cm³/mol. The Morgan fingerprint density at radius 3 is 2.55 bits per heavy atom. The fraction of sp³-hybridized carbons (Fsp3) is 0.182. The second-order valence-electron chi connectivity index (χ2n) is 3.86. The maximum absolute atomic E-state index is 12.2. The van der Waals surface area contributed by atoms with Crippen LogP contribution in [0, 0.1) is 0 Å². The highest BCUT2D eigenvalue weighted by Crippen LogP contribution is 2.22. The van der Waals surface area contributed by atoms with E-state index in [2.05, 4.69) is 4.98 Å². The van der Waals surface area contributed by atoms with Gasteiger partial charge in [0.25, 0.3) is 0 Å². The van der Waals surface area contributed by atoms with Gasteiger partial charge in [-0.1, -0.05) is 12.1 Å². The van der Waals surface area contributed by atoms with E-state index >= 15 is 0 Å². The van der Waals surface area contributed by atoms with Crippen LogP contribution in [0.1, 0.15) is 0 Å². The number of hydrogen-bond acceptors (Lipinski definition) is 3. The van der Waals surface area contributed by atoms with Gasteiger partial charge in [-0.3, -0.25) is 19.5 Å². The molecule has 20 heavy (non-hydrogen) atoms. The highest BCUT2D eigenvalue weighted by atomic mass is 19.4. The zero-order valence-corrected chi connectivity index (χ0v) is 9.81. The highest BCUT2D eigenvalue weighted by molar-refractivity contribution is 5.95. The first kappa shape index (κ1) is 13.8. The van der Waals surface area contributed by atoms with Gasteiger partial charge in [-0.05, 0) is 12.1 Å². The van der Waals surface area contributed by atoms with E-state index < -0.39 is 30.5 Å². The molecule has 0 aliphatic carbocycles. The first-order chi connectivity index (χ1) is 9.29. The van der Waals surface area contributed by atoms with E-state index in [1.165, 1.54) is 12.1 Å². The number of rotatable bonds is 3. The standard InChI is InChI=1S/C11H8F3N3O3/c12-11(13,14)9(20)16-10-15-6-3-1-2-4-7(6)17(10)5-8(18)19/h1-4H,5H2,(H,18,19)(H,15,16,20). The molecule has 9 heteroatoms. The van der Waals surface area contributed by atoms with Gasteiger partial charge in [0.2, 0.25) is 5.95 Å². The number of hydrogen-bond donors (Lipinski definition) is 2. The molecule has 0 unspecified atom stereocenters. The van der Waals surface area contributed by atoms with E-state index in [1.54, 1.807) is 17.4 Å². The molecule has 0 saturated carbocycles. The summed E-state index contributed by atoms with van der Waals surface area (Å²) in [7, 11) is 0. The molecule has 0 aliphatic rings. The highest BCUT2D eigenvalue weighted by Gasteiger charge is 2.39. The van der Waals surface area contributed by atoms with Gasteiger partial charge in [0, 0.05) is 0 Å². The minimum atomic E-state index is -5.08. The molecular weight excluding hydrogens is 279 g/mol. The van der Waals surface area contributed by atoms with Crippen LogP contribution in [0.5, 0.6) is 0 Å². The second-order valence-corrected chi connectivity index (χ2v) is 3.86. The number of carbonyl (C=O) groups excluding carboxylic acids is 1. The van der Waals surface area contributed by atoms with Crippen LogP contribution in [-0.4, -0.2) is 32.7 Å². The van der Waals surface area contributed by atoms with Gasteiger partial charge in [-0.2, -0.15) is 13.2 Å². The quantitative estimate of drug-likeness (QED) is 0.898. The number of nitrogens with zero attached hydrogens (tertiary/aromatic N) is 2. The molecule has 2 N–H and O–H groups in total. The number of carboxylic acids is 1. The molecule has 0 fully saturated rings. The van der Waals surface area contributed by atoms with E-state index in [4.69, 9.17) is 5.11 Å². The first-order valence-corrected chi connectivity index (χ1v) is 5.34. The Morgan fingerprint density at radius 2 is 1.95 bits per heavy atom. The third-order valence-corrected chi connectivity index (χ3v) is 2.43. The first-order valence-electron chi connectivity index (χ1n) is 5.34. The Labute approximate surface area is 109 Å². The molecule has 0 spiro atoms. The van der Waals surface area contributed by atoms with Crippen molar-refractivity contribution >= 4 is 28.9 Å². The monoisotopic (exact) mass is 287 g/mol. The molecule has 0 radical (unpaired) electrons. The molecule has 6 nitrogen and oxygen atoms in total. The molecule has 0 bridgehead atoms. The second kappa shape index (κ2) is 4.83. The number of carboxylic acid groups (broad SMARTS) is 1. The van der Waals surface area contributed by atoms with Gasteiger partial charge in [0.05, 0.1) is 11.0 Å². The number of nitrogens with one attached hydrogen (secondary N) is 1. The summed E-state index contributed by atoms with van der Waals surface area (Å²) in [6, 6.07) is 6.17. The van der Waals surface area contributed by atoms with Gasteiger partial charge in [-0.25, -0.2) is 4.98 Å². The number of imidazole rings is 1. The molecule has 0 atom stereocenters. The van der Waals surface area contributed by atoms with Crippen molar-refractivity contribution in [2.75, 3.05) is 5.32 Å². The van der Waals surface area contributed by atoms with Crippen LogP contribution in [0.25, 0.3) is 11.0 Å². The van der Waals surface area contributed by atoms with Crippen molar-refractivity contribution in [3.05, 3.63) is 24.3 Å². The molecule has 2 aromatic rings. The van der Waals surface area contributed by atoms with Crippen LogP contribution in [0.2, 0.25) is 0 Å². The van der Waals surface area contributed by atoms with Gasteiger partial charge in [0.15, 0.2) is 0 Å². The van der Waals surface area contributed by atoms with Crippen molar-refractivity contribution in [3.8, 4) is 0 Å². The van der Waals surface area contributed by atoms with Crippen molar-refractivity contribution in [2.45, 2.75) is 12.7 Å². The Bertz CT molecular complexity index is 678. The number of para-hydroxylation sites is 2. The summed E-state index contributed by atoms with van der Waals surface area (Å²) in [4.78, 5) is 25.5. The lowest BCUT2D eigenvalue weighted by Crippen LogP contribution is -2.31. The zero-order chi connectivity index (χ0) is 14.9. The van der Waals surface area contributed by atoms with Gasteiger partial charge in [-0.15, -0.1) is 0 Å². The van der Waals surface area contributed by atoms with E-state index in [0.29, 0.717) is 5.52 Å². The largest absolute Gasteiger partial charge is 0.480 e.